The molecule has 0 unspecified atom stereocenters. The number of hydrogen-bond acceptors (Lipinski definition) is 4. The fourth-order valence-electron chi connectivity index (χ4n) is 1.49. The first kappa shape index (κ1) is 11.6. The number of halogens is 1. The molecule has 5 nitrogen and oxygen atoms in total. The van der Waals surface area contributed by atoms with E-state index in [-0.39, 0.29) is 18.3 Å². The van der Waals surface area contributed by atoms with Crippen molar-refractivity contribution in [2.24, 2.45) is 0 Å². The number of nitrogen functional groups attached to an aromatic ring is 1. The predicted octanol–water partition coefficient (Wildman–Crippen LogP) is 0.0218. The molecule has 0 saturated carbocycles. The van der Waals surface area contributed by atoms with Crippen molar-refractivity contribution in [3.8, 4) is 0 Å². The minimum Gasteiger partial charge on any atom is -0.396 e. The molecule has 0 spiro atoms. The van der Waals surface area contributed by atoms with Crippen LogP contribution < -0.4 is 16.0 Å². The molecule has 0 bridgehead atoms. The zero-order chi connectivity index (χ0) is 9.97. The van der Waals surface area contributed by atoms with Gasteiger partial charge in [0.25, 0.3) is 0 Å². The molecule has 2 rings (SSSR count). The Labute approximate surface area is 94.1 Å². The second-order valence-electron chi connectivity index (χ2n) is 3.19. The first-order valence-electron chi connectivity index (χ1n) is 4.49. The van der Waals surface area contributed by atoms with Gasteiger partial charge in [0.1, 0.15) is 0 Å². The Kier molecular flexibility index (Phi) is 3.74. The first-order chi connectivity index (χ1) is 6.77. The summed E-state index contributed by atoms with van der Waals surface area (Å²) in [7, 11) is 0. The minimum absolute atomic E-state index is 0. The Bertz CT molecular complexity index is 358. The van der Waals surface area contributed by atoms with E-state index in [0.29, 0.717) is 24.6 Å². The fraction of sp³-hybridized carbons (Fsp3) is 0.333. The molecule has 0 aromatic carbocycles. The van der Waals surface area contributed by atoms with Gasteiger partial charge in [0.05, 0.1) is 12.2 Å². The third-order valence-corrected chi connectivity index (χ3v) is 2.15. The van der Waals surface area contributed by atoms with E-state index in [2.05, 4.69) is 10.3 Å². The van der Waals surface area contributed by atoms with E-state index in [9.17, 15) is 4.79 Å². The van der Waals surface area contributed by atoms with Crippen molar-refractivity contribution in [3.63, 3.8) is 0 Å². The highest BCUT2D eigenvalue weighted by molar-refractivity contribution is 5.85. The number of aromatic nitrogens is 1. The molecule has 1 aromatic heterocycles. The molecule has 1 aliphatic heterocycles. The molecular formula is C9H13ClN4O. The number of rotatable bonds is 1. The van der Waals surface area contributed by atoms with Gasteiger partial charge in [0.15, 0.2) is 5.82 Å². The Morgan fingerprint density at radius 1 is 1.53 bits per heavy atom. The molecule has 1 saturated heterocycles. The Morgan fingerprint density at radius 3 is 3.00 bits per heavy atom. The third kappa shape index (κ3) is 2.50. The van der Waals surface area contributed by atoms with Gasteiger partial charge in [-0.2, -0.15) is 0 Å². The Hall–Kier alpha value is -1.49. The highest BCUT2D eigenvalue weighted by atomic mass is 35.5. The fourth-order valence-corrected chi connectivity index (χ4v) is 1.49. The lowest BCUT2D eigenvalue weighted by molar-refractivity contribution is -0.120. The van der Waals surface area contributed by atoms with Gasteiger partial charge in [0, 0.05) is 19.3 Å². The lowest BCUT2D eigenvalue weighted by atomic mass is 10.3. The number of nitrogens with zero attached hydrogens (tertiary/aromatic N) is 2. The number of carbonyl (C=O) groups is 1. The van der Waals surface area contributed by atoms with E-state index < -0.39 is 0 Å². The molecule has 1 fully saturated rings. The van der Waals surface area contributed by atoms with Crippen LogP contribution in [-0.4, -0.2) is 30.5 Å². The quantitative estimate of drug-likeness (QED) is 0.711. The molecule has 1 amide bonds. The van der Waals surface area contributed by atoms with Crippen molar-refractivity contribution in [3.05, 3.63) is 18.3 Å². The predicted molar refractivity (Wildman–Crippen MR) is 61.1 cm³/mol. The number of nitrogens with two attached hydrogens (primary N) is 1. The average molecular weight is 229 g/mol. The van der Waals surface area contributed by atoms with E-state index in [4.69, 9.17) is 5.73 Å². The van der Waals surface area contributed by atoms with Gasteiger partial charge in [-0.1, -0.05) is 0 Å². The molecule has 1 aliphatic rings. The highest BCUT2D eigenvalue weighted by Gasteiger charge is 2.18. The molecule has 3 N–H and O–H groups in total. The smallest absolute Gasteiger partial charge is 0.239 e. The van der Waals surface area contributed by atoms with Gasteiger partial charge >= 0.3 is 0 Å². The first-order valence-corrected chi connectivity index (χ1v) is 4.49. The molecule has 0 radical (unpaired) electrons. The van der Waals surface area contributed by atoms with Gasteiger partial charge in [-0.05, 0) is 12.1 Å². The largest absolute Gasteiger partial charge is 0.396 e. The number of nitrogens with one attached hydrogen (secondary N) is 1. The zero-order valence-corrected chi connectivity index (χ0v) is 8.96. The van der Waals surface area contributed by atoms with Gasteiger partial charge < -0.3 is 16.0 Å². The summed E-state index contributed by atoms with van der Waals surface area (Å²) < 4.78 is 0. The second kappa shape index (κ2) is 4.84. The number of amides is 1. The van der Waals surface area contributed by atoms with E-state index in [1.165, 1.54) is 0 Å². The maximum Gasteiger partial charge on any atom is 0.239 e. The Balaban J connectivity index is 0.00000112. The van der Waals surface area contributed by atoms with Gasteiger partial charge in [0.2, 0.25) is 5.91 Å². The van der Waals surface area contributed by atoms with Crippen LogP contribution in [-0.2, 0) is 4.79 Å². The van der Waals surface area contributed by atoms with Crippen LogP contribution in [0.5, 0.6) is 0 Å². The van der Waals surface area contributed by atoms with Gasteiger partial charge in [-0.25, -0.2) is 4.98 Å². The molecule has 15 heavy (non-hydrogen) atoms. The summed E-state index contributed by atoms with van der Waals surface area (Å²) in [5.41, 5.74) is 6.37. The molecule has 1 aromatic rings. The molecule has 0 aliphatic carbocycles. The summed E-state index contributed by atoms with van der Waals surface area (Å²) in [6.07, 6.45) is 1.68. The molecule has 6 heteroatoms. The van der Waals surface area contributed by atoms with Crippen molar-refractivity contribution >= 4 is 29.8 Å². The number of carbonyl (C=O) groups excluding carboxylic acids is 1. The number of pyridine rings is 1. The lowest BCUT2D eigenvalue weighted by Gasteiger charge is -2.28. The summed E-state index contributed by atoms with van der Waals surface area (Å²) in [6, 6.07) is 3.57. The van der Waals surface area contributed by atoms with E-state index in [1.54, 1.807) is 18.3 Å². The lowest BCUT2D eigenvalue weighted by Crippen LogP contribution is -2.48. The van der Waals surface area contributed by atoms with Crippen LogP contribution in [0.3, 0.4) is 0 Å². The summed E-state index contributed by atoms with van der Waals surface area (Å²) in [6.45, 7) is 1.74. The van der Waals surface area contributed by atoms with Crippen LogP contribution in [0.1, 0.15) is 0 Å². The van der Waals surface area contributed by atoms with Crippen LogP contribution in [0, 0.1) is 0 Å². The monoisotopic (exact) mass is 228 g/mol. The van der Waals surface area contributed by atoms with Crippen molar-refractivity contribution in [2.75, 3.05) is 30.3 Å². The van der Waals surface area contributed by atoms with Crippen LogP contribution in [0.25, 0.3) is 0 Å². The normalized spacial score (nSPS) is 15.5. The molecule has 82 valence electrons. The van der Waals surface area contributed by atoms with Gasteiger partial charge in [-0.3, -0.25) is 4.79 Å². The number of hydrogen-bond donors (Lipinski definition) is 2. The topological polar surface area (TPSA) is 71.2 Å². The van der Waals surface area contributed by atoms with Crippen molar-refractivity contribution < 1.29 is 4.79 Å². The van der Waals surface area contributed by atoms with Gasteiger partial charge in [-0.15, -0.1) is 12.4 Å². The van der Waals surface area contributed by atoms with E-state index >= 15 is 0 Å². The van der Waals surface area contributed by atoms with Crippen molar-refractivity contribution in [2.45, 2.75) is 0 Å². The SMILES string of the molecule is Cl.Nc1cccnc1N1CCNC(=O)C1. The van der Waals surface area contributed by atoms with Crippen LogP contribution >= 0.6 is 12.4 Å². The van der Waals surface area contributed by atoms with Crippen LogP contribution in [0.2, 0.25) is 0 Å². The second-order valence-corrected chi connectivity index (χ2v) is 3.19. The minimum atomic E-state index is 0. The maximum absolute atomic E-state index is 11.1. The number of piperazine rings is 1. The highest BCUT2D eigenvalue weighted by Crippen LogP contribution is 2.18. The standard InChI is InChI=1S/C9H12N4O.ClH/c10-7-2-1-3-12-9(7)13-5-4-11-8(14)6-13;/h1-3H,4-6,10H2,(H,11,14);1H. The number of anilines is 2. The van der Waals surface area contributed by atoms with Crippen molar-refractivity contribution in [1.82, 2.24) is 10.3 Å². The summed E-state index contributed by atoms with van der Waals surface area (Å²) >= 11 is 0. The summed E-state index contributed by atoms with van der Waals surface area (Å²) in [4.78, 5) is 17.2. The zero-order valence-electron chi connectivity index (χ0n) is 8.14. The summed E-state index contributed by atoms with van der Waals surface area (Å²) in [5.74, 6) is 0.712. The van der Waals surface area contributed by atoms with Crippen molar-refractivity contribution in [1.29, 1.82) is 0 Å². The van der Waals surface area contributed by atoms with E-state index in [0.717, 1.165) is 6.54 Å². The molecule has 0 atom stereocenters. The molecular weight excluding hydrogens is 216 g/mol. The summed E-state index contributed by atoms with van der Waals surface area (Å²) in [5, 5.41) is 2.75. The Morgan fingerprint density at radius 2 is 2.33 bits per heavy atom. The average Bonchev–Trinajstić information content (AvgIpc) is 2.18. The maximum atomic E-state index is 11.1. The van der Waals surface area contributed by atoms with E-state index in [1.807, 2.05) is 4.90 Å². The van der Waals surface area contributed by atoms with Crippen LogP contribution in [0.4, 0.5) is 11.5 Å². The molecule has 2 heterocycles. The third-order valence-electron chi connectivity index (χ3n) is 2.15. The van der Waals surface area contributed by atoms with Crippen LogP contribution in [0.15, 0.2) is 18.3 Å².